The van der Waals surface area contributed by atoms with Crippen LogP contribution in [-0.4, -0.2) is 55.2 Å². The molecule has 1 heterocycles. The summed E-state index contributed by atoms with van der Waals surface area (Å²) in [5, 5.41) is 10.1. The van der Waals surface area contributed by atoms with E-state index in [2.05, 4.69) is 4.90 Å². The van der Waals surface area contributed by atoms with Crippen molar-refractivity contribution in [1.29, 1.82) is 0 Å². The van der Waals surface area contributed by atoms with Gasteiger partial charge >= 0.3 is 6.18 Å². The van der Waals surface area contributed by atoms with E-state index in [1.165, 1.54) is 28.8 Å². The number of phenols is 1. The maximum atomic E-state index is 13.6. The molecule has 0 amide bonds. The van der Waals surface area contributed by atoms with E-state index in [-0.39, 0.29) is 17.3 Å². The first kappa shape index (κ1) is 32.5. The molecule has 0 bridgehead atoms. The number of rotatable bonds is 14. The minimum Gasteiger partial charge on any atom is -0.508 e. The Morgan fingerprint density at radius 3 is 2.43 bits per heavy atom. The normalized spacial score (nSPS) is 18.3. The number of unbranched alkanes of at least 4 members (excludes halogenated alkanes) is 3. The van der Waals surface area contributed by atoms with Gasteiger partial charge in [-0.15, -0.1) is 0 Å². The third-order valence-electron chi connectivity index (χ3n) is 8.65. The number of halogens is 4. The highest BCUT2D eigenvalue weighted by Gasteiger charge is 2.30. The van der Waals surface area contributed by atoms with E-state index in [1.54, 1.807) is 6.07 Å². The zero-order valence-electron chi connectivity index (χ0n) is 24.3. The topological polar surface area (TPSA) is 57.6 Å². The molecule has 2 aromatic carbocycles. The van der Waals surface area contributed by atoms with Gasteiger partial charge in [-0.25, -0.2) is 12.8 Å². The fourth-order valence-corrected chi connectivity index (χ4v) is 7.86. The van der Waals surface area contributed by atoms with Gasteiger partial charge in [0, 0.05) is 6.04 Å². The third kappa shape index (κ3) is 9.83. The van der Waals surface area contributed by atoms with Crippen molar-refractivity contribution in [2.24, 2.45) is 0 Å². The number of aromatic hydroxyl groups is 1. The zero-order valence-corrected chi connectivity index (χ0v) is 25.1. The lowest BCUT2D eigenvalue weighted by Gasteiger charge is -2.24. The minimum atomic E-state index is -4.44. The molecule has 1 aliphatic carbocycles. The lowest BCUT2D eigenvalue weighted by atomic mass is 9.89. The lowest BCUT2D eigenvalue weighted by molar-refractivity contribution is -0.129. The maximum Gasteiger partial charge on any atom is 0.390 e. The molecule has 0 spiro atoms. The first-order valence-corrected chi connectivity index (χ1v) is 17.1. The van der Waals surface area contributed by atoms with Crippen molar-refractivity contribution < 1.29 is 31.1 Å². The van der Waals surface area contributed by atoms with Crippen LogP contribution in [0.3, 0.4) is 0 Å². The Morgan fingerprint density at radius 1 is 0.905 bits per heavy atom. The van der Waals surface area contributed by atoms with Gasteiger partial charge in [-0.1, -0.05) is 31.0 Å². The Labute approximate surface area is 247 Å². The second-order valence-electron chi connectivity index (χ2n) is 11.8. The number of likely N-dealkylation sites (tertiary alicyclic amines) is 1. The van der Waals surface area contributed by atoms with Gasteiger partial charge < -0.3 is 10.0 Å². The average Bonchev–Trinajstić information content (AvgIpc) is 3.30. The molecule has 0 aromatic heterocycles. The highest BCUT2D eigenvalue weighted by molar-refractivity contribution is 7.91. The van der Waals surface area contributed by atoms with Gasteiger partial charge in [0.15, 0.2) is 9.84 Å². The smallest absolute Gasteiger partial charge is 0.390 e. The molecule has 232 valence electrons. The van der Waals surface area contributed by atoms with Crippen LogP contribution in [0.25, 0.3) is 11.1 Å². The van der Waals surface area contributed by atoms with Crippen LogP contribution in [0.15, 0.2) is 42.5 Å². The van der Waals surface area contributed by atoms with Gasteiger partial charge in [-0.3, -0.25) is 0 Å². The molecule has 0 unspecified atom stereocenters. The number of allylic oxidation sites excluding steroid dienone is 2. The summed E-state index contributed by atoms with van der Waals surface area (Å²) in [6, 6.07) is 12.7. The molecule has 1 aliphatic heterocycles. The van der Waals surface area contributed by atoms with E-state index in [0.29, 0.717) is 18.9 Å². The molecule has 0 saturated carbocycles. The molecule has 42 heavy (non-hydrogen) atoms. The van der Waals surface area contributed by atoms with Crippen LogP contribution in [0.2, 0.25) is 0 Å². The molecule has 9 heteroatoms. The number of hydrogen-bond acceptors (Lipinski definition) is 4. The van der Waals surface area contributed by atoms with Gasteiger partial charge in [0.2, 0.25) is 0 Å². The first-order chi connectivity index (χ1) is 20.0. The van der Waals surface area contributed by atoms with Crippen molar-refractivity contribution in [3.63, 3.8) is 0 Å². The zero-order chi connectivity index (χ0) is 30.2. The van der Waals surface area contributed by atoms with E-state index >= 15 is 0 Å². The molecular weight excluding hydrogens is 566 g/mol. The quantitative estimate of drug-likeness (QED) is 0.173. The summed E-state index contributed by atoms with van der Waals surface area (Å²) in [6.07, 6.45) is 5.42. The number of alkyl halides is 3. The average molecular weight is 610 g/mol. The summed E-state index contributed by atoms with van der Waals surface area (Å²) < 4.78 is 74.8. The number of fused-ring (bicyclic) bond motifs is 1. The summed E-state index contributed by atoms with van der Waals surface area (Å²) in [4.78, 5) is 2.42. The monoisotopic (exact) mass is 609 g/mol. The molecular formula is C33H43F4NO3S. The van der Waals surface area contributed by atoms with E-state index in [1.807, 2.05) is 24.3 Å². The Morgan fingerprint density at radius 2 is 1.67 bits per heavy atom. The van der Waals surface area contributed by atoms with Crippen molar-refractivity contribution in [1.82, 2.24) is 4.90 Å². The standard InChI is InChI=1S/C33H43F4NO3S/c34-27-15-13-25(14-16-27)30-12-5-8-26-24-29(39)17-18-31(26)32(30)11-3-1-2-4-20-38-21-6-9-28(38)10-7-22-42(40,41)23-19-33(35,36)37/h13-18,24,28,39H,1-12,19-23H2/t28-/m1/s1. The van der Waals surface area contributed by atoms with Crippen molar-refractivity contribution in [3.8, 4) is 5.75 Å². The number of aryl methyl sites for hydroxylation is 1. The molecule has 1 atom stereocenters. The fourth-order valence-electron chi connectivity index (χ4n) is 6.50. The van der Waals surface area contributed by atoms with Crippen molar-refractivity contribution in [2.45, 2.75) is 95.7 Å². The van der Waals surface area contributed by atoms with Crippen LogP contribution < -0.4 is 0 Å². The minimum absolute atomic E-state index is 0.175. The van der Waals surface area contributed by atoms with Crippen LogP contribution >= 0.6 is 0 Å². The maximum absolute atomic E-state index is 13.6. The Kier molecular flexibility index (Phi) is 11.5. The number of hydrogen-bond donors (Lipinski definition) is 1. The first-order valence-electron chi connectivity index (χ1n) is 15.3. The van der Waals surface area contributed by atoms with E-state index in [9.17, 15) is 31.1 Å². The number of sulfone groups is 1. The van der Waals surface area contributed by atoms with Crippen molar-refractivity contribution in [3.05, 3.63) is 65.0 Å². The summed E-state index contributed by atoms with van der Waals surface area (Å²) in [6.45, 7) is 1.94. The van der Waals surface area contributed by atoms with Gasteiger partial charge in [-0.05, 0) is 129 Å². The van der Waals surface area contributed by atoms with E-state index in [4.69, 9.17) is 0 Å². The van der Waals surface area contributed by atoms with E-state index < -0.39 is 28.2 Å². The Hall–Kier alpha value is -2.39. The summed E-state index contributed by atoms with van der Waals surface area (Å²) in [5.41, 5.74) is 5.96. The predicted octanol–water partition coefficient (Wildman–Crippen LogP) is 8.34. The second-order valence-corrected chi connectivity index (χ2v) is 14.1. The number of nitrogens with zero attached hydrogens (tertiary/aromatic N) is 1. The fraction of sp³-hybridized carbons (Fsp3) is 0.576. The van der Waals surface area contributed by atoms with Crippen molar-refractivity contribution >= 4 is 21.0 Å². The van der Waals surface area contributed by atoms with Crippen LogP contribution in [0.5, 0.6) is 5.75 Å². The van der Waals surface area contributed by atoms with E-state index in [0.717, 1.165) is 88.4 Å². The molecule has 4 rings (SSSR count). The highest BCUT2D eigenvalue weighted by atomic mass is 32.2. The predicted molar refractivity (Wildman–Crippen MR) is 160 cm³/mol. The Balaban J connectivity index is 1.26. The molecule has 1 N–H and O–H groups in total. The van der Waals surface area contributed by atoms with Crippen molar-refractivity contribution in [2.75, 3.05) is 24.6 Å². The SMILES string of the molecule is O=S(=O)(CCC[C@H]1CCCN1CCCCCCC1=C(c2ccc(F)cc2)CCCc2cc(O)ccc21)CCC(F)(F)F. The Bertz CT molecular complexity index is 1310. The van der Waals surface area contributed by atoms with Gasteiger partial charge in [-0.2, -0.15) is 13.2 Å². The van der Waals surface area contributed by atoms with Gasteiger partial charge in [0.25, 0.3) is 0 Å². The van der Waals surface area contributed by atoms with Gasteiger partial charge in [0.05, 0.1) is 17.9 Å². The molecule has 0 radical (unpaired) electrons. The summed E-state index contributed by atoms with van der Waals surface area (Å²) in [5.74, 6) is -0.958. The van der Waals surface area contributed by atoms with Crippen LogP contribution in [0.4, 0.5) is 17.6 Å². The summed E-state index contributed by atoms with van der Waals surface area (Å²) in [7, 11) is -3.68. The van der Waals surface area contributed by atoms with Crippen LogP contribution in [0.1, 0.15) is 93.7 Å². The van der Waals surface area contributed by atoms with Gasteiger partial charge in [0.1, 0.15) is 11.6 Å². The third-order valence-corrected chi connectivity index (χ3v) is 10.4. The summed E-state index contributed by atoms with van der Waals surface area (Å²) >= 11 is 0. The number of benzene rings is 2. The molecule has 2 aliphatic rings. The molecule has 4 nitrogen and oxygen atoms in total. The largest absolute Gasteiger partial charge is 0.508 e. The molecule has 2 aromatic rings. The molecule has 1 fully saturated rings. The van der Waals surface area contributed by atoms with Crippen LogP contribution in [-0.2, 0) is 16.3 Å². The molecule has 1 saturated heterocycles. The highest BCUT2D eigenvalue weighted by Crippen LogP contribution is 2.39. The van der Waals surface area contributed by atoms with Crippen LogP contribution in [0, 0.1) is 5.82 Å². The number of phenolic OH excluding ortho intramolecular Hbond substituents is 1. The second kappa shape index (κ2) is 14.9. The lowest BCUT2D eigenvalue weighted by Crippen LogP contribution is -2.31.